The average Bonchev–Trinajstić information content (AvgIpc) is 2.53. The van der Waals surface area contributed by atoms with Gasteiger partial charge in [0.1, 0.15) is 12.4 Å². The van der Waals surface area contributed by atoms with Crippen LogP contribution in [-0.4, -0.2) is 4.98 Å². The van der Waals surface area contributed by atoms with Gasteiger partial charge in [-0.3, -0.25) is 4.98 Å². The minimum absolute atomic E-state index is 0.414. The topological polar surface area (TPSA) is 48.1 Å². The van der Waals surface area contributed by atoms with E-state index in [1.54, 1.807) is 6.20 Å². The Balaban J connectivity index is 1.84. The van der Waals surface area contributed by atoms with Crippen molar-refractivity contribution in [3.8, 4) is 5.75 Å². The van der Waals surface area contributed by atoms with E-state index in [2.05, 4.69) is 4.98 Å². The SMILES string of the molecule is NCc1ccc(COc2cccc3ncccc23)c(Cl)c1. The summed E-state index contributed by atoms with van der Waals surface area (Å²) in [6.07, 6.45) is 1.77. The van der Waals surface area contributed by atoms with Gasteiger partial charge in [-0.1, -0.05) is 29.8 Å². The van der Waals surface area contributed by atoms with E-state index in [0.29, 0.717) is 18.2 Å². The molecule has 3 nitrogen and oxygen atoms in total. The number of pyridine rings is 1. The van der Waals surface area contributed by atoms with Crippen LogP contribution in [0.5, 0.6) is 5.75 Å². The fourth-order valence-electron chi connectivity index (χ4n) is 2.19. The minimum atomic E-state index is 0.414. The van der Waals surface area contributed by atoms with Crippen LogP contribution in [0.15, 0.2) is 54.7 Å². The van der Waals surface area contributed by atoms with Gasteiger partial charge < -0.3 is 10.5 Å². The summed E-state index contributed by atoms with van der Waals surface area (Å²) < 4.78 is 5.90. The average molecular weight is 299 g/mol. The van der Waals surface area contributed by atoms with E-state index in [1.165, 1.54) is 0 Å². The molecule has 0 bridgehead atoms. The highest BCUT2D eigenvalue weighted by atomic mass is 35.5. The Bertz CT molecular complexity index is 768. The van der Waals surface area contributed by atoms with Crippen LogP contribution in [0, 0.1) is 0 Å². The van der Waals surface area contributed by atoms with Gasteiger partial charge in [0.15, 0.2) is 0 Å². The first-order valence-corrected chi connectivity index (χ1v) is 7.09. The molecular formula is C17H15ClN2O. The van der Waals surface area contributed by atoms with E-state index in [9.17, 15) is 0 Å². The summed E-state index contributed by atoms with van der Waals surface area (Å²) in [6.45, 7) is 0.896. The predicted octanol–water partition coefficient (Wildman–Crippen LogP) is 3.93. The number of hydrogen-bond donors (Lipinski definition) is 1. The van der Waals surface area contributed by atoms with E-state index in [1.807, 2.05) is 48.5 Å². The summed E-state index contributed by atoms with van der Waals surface area (Å²) in [7, 11) is 0. The molecule has 3 aromatic rings. The fraction of sp³-hybridized carbons (Fsp3) is 0.118. The number of halogens is 1. The maximum absolute atomic E-state index is 6.24. The molecule has 0 aliphatic rings. The molecule has 0 spiro atoms. The van der Waals surface area contributed by atoms with Crippen molar-refractivity contribution in [3.63, 3.8) is 0 Å². The van der Waals surface area contributed by atoms with Crippen molar-refractivity contribution in [2.75, 3.05) is 0 Å². The van der Waals surface area contributed by atoms with Crippen molar-refractivity contribution in [1.29, 1.82) is 0 Å². The van der Waals surface area contributed by atoms with E-state index in [0.717, 1.165) is 27.8 Å². The van der Waals surface area contributed by atoms with E-state index in [-0.39, 0.29) is 0 Å². The monoisotopic (exact) mass is 298 g/mol. The van der Waals surface area contributed by atoms with Crippen molar-refractivity contribution in [1.82, 2.24) is 4.98 Å². The van der Waals surface area contributed by atoms with Gasteiger partial charge in [0.25, 0.3) is 0 Å². The lowest BCUT2D eigenvalue weighted by molar-refractivity contribution is 0.310. The van der Waals surface area contributed by atoms with Crippen LogP contribution in [0.4, 0.5) is 0 Å². The largest absolute Gasteiger partial charge is 0.488 e. The second-order valence-corrected chi connectivity index (χ2v) is 5.15. The summed E-state index contributed by atoms with van der Waals surface area (Å²) in [6, 6.07) is 15.5. The zero-order chi connectivity index (χ0) is 14.7. The number of fused-ring (bicyclic) bond motifs is 1. The Morgan fingerprint density at radius 1 is 1.10 bits per heavy atom. The first-order chi connectivity index (χ1) is 10.3. The Labute approximate surface area is 128 Å². The standard InChI is InChI=1S/C17H15ClN2O/c18-15-9-12(10-19)6-7-13(15)11-21-17-5-1-4-16-14(17)3-2-8-20-16/h1-9H,10-11,19H2. The molecule has 3 rings (SSSR count). The lowest BCUT2D eigenvalue weighted by Gasteiger charge is -2.10. The molecule has 0 amide bonds. The number of nitrogens with zero attached hydrogens (tertiary/aromatic N) is 1. The Morgan fingerprint density at radius 3 is 2.81 bits per heavy atom. The highest BCUT2D eigenvalue weighted by molar-refractivity contribution is 6.31. The van der Waals surface area contributed by atoms with Crippen molar-refractivity contribution in [2.24, 2.45) is 5.73 Å². The number of benzene rings is 2. The van der Waals surface area contributed by atoms with E-state index < -0.39 is 0 Å². The quantitative estimate of drug-likeness (QED) is 0.794. The molecule has 0 aliphatic heterocycles. The van der Waals surface area contributed by atoms with Gasteiger partial charge in [0.05, 0.1) is 5.52 Å². The minimum Gasteiger partial charge on any atom is -0.488 e. The third kappa shape index (κ3) is 2.99. The molecule has 0 saturated carbocycles. The van der Waals surface area contributed by atoms with Crippen molar-refractivity contribution in [3.05, 3.63) is 70.9 Å². The molecule has 2 aromatic carbocycles. The van der Waals surface area contributed by atoms with Crippen molar-refractivity contribution >= 4 is 22.5 Å². The van der Waals surface area contributed by atoms with Crippen LogP contribution in [0.25, 0.3) is 10.9 Å². The maximum atomic E-state index is 6.24. The Morgan fingerprint density at radius 2 is 2.00 bits per heavy atom. The van der Waals surface area contributed by atoms with Crippen LogP contribution in [-0.2, 0) is 13.2 Å². The van der Waals surface area contributed by atoms with Crippen LogP contribution in [0.3, 0.4) is 0 Å². The van der Waals surface area contributed by atoms with Crippen LogP contribution in [0.2, 0.25) is 5.02 Å². The van der Waals surface area contributed by atoms with Crippen LogP contribution in [0.1, 0.15) is 11.1 Å². The zero-order valence-electron chi connectivity index (χ0n) is 11.4. The molecule has 106 valence electrons. The molecule has 1 aromatic heterocycles. The lowest BCUT2D eigenvalue weighted by Crippen LogP contribution is -2.00. The summed E-state index contributed by atoms with van der Waals surface area (Å²) >= 11 is 6.24. The molecule has 0 aliphatic carbocycles. The number of rotatable bonds is 4. The van der Waals surface area contributed by atoms with Crippen molar-refractivity contribution in [2.45, 2.75) is 13.2 Å². The predicted molar refractivity (Wildman–Crippen MR) is 85.4 cm³/mol. The highest BCUT2D eigenvalue weighted by Gasteiger charge is 2.05. The van der Waals surface area contributed by atoms with Crippen molar-refractivity contribution < 1.29 is 4.74 Å². The van der Waals surface area contributed by atoms with Gasteiger partial charge in [-0.25, -0.2) is 0 Å². The number of aromatic nitrogens is 1. The smallest absolute Gasteiger partial charge is 0.129 e. The summed E-state index contributed by atoms with van der Waals surface area (Å²) in [5.74, 6) is 0.805. The third-order valence-electron chi connectivity index (χ3n) is 3.34. The normalized spacial score (nSPS) is 10.8. The molecule has 21 heavy (non-hydrogen) atoms. The Kier molecular flexibility index (Phi) is 4.04. The van der Waals surface area contributed by atoms with Gasteiger partial charge in [-0.15, -0.1) is 0 Å². The molecule has 0 unspecified atom stereocenters. The lowest BCUT2D eigenvalue weighted by atomic mass is 10.1. The molecule has 0 saturated heterocycles. The molecule has 1 heterocycles. The van der Waals surface area contributed by atoms with Crippen LogP contribution < -0.4 is 10.5 Å². The molecule has 0 radical (unpaired) electrons. The first kappa shape index (κ1) is 13.9. The van der Waals surface area contributed by atoms with E-state index in [4.69, 9.17) is 22.1 Å². The maximum Gasteiger partial charge on any atom is 0.129 e. The summed E-state index contributed by atoms with van der Waals surface area (Å²) in [5, 5.41) is 1.67. The Hall–Kier alpha value is -2.10. The summed E-state index contributed by atoms with van der Waals surface area (Å²) in [5.41, 5.74) is 8.47. The number of nitrogens with two attached hydrogens (primary N) is 1. The van der Waals surface area contributed by atoms with Gasteiger partial charge in [0.2, 0.25) is 0 Å². The van der Waals surface area contributed by atoms with Crippen LogP contribution >= 0.6 is 11.6 Å². The molecule has 2 N–H and O–H groups in total. The fourth-order valence-corrected chi connectivity index (χ4v) is 2.45. The van der Waals surface area contributed by atoms with E-state index >= 15 is 0 Å². The van der Waals surface area contributed by atoms with Gasteiger partial charge in [-0.05, 0) is 35.9 Å². The summed E-state index contributed by atoms with van der Waals surface area (Å²) in [4.78, 5) is 4.32. The second kappa shape index (κ2) is 6.12. The van der Waals surface area contributed by atoms with Gasteiger partial charge in [-0.2, -0.15) is 0 Å². The molecule has 0 atom stereocenters. The molecule has 0 fully saturated rings. The first-order valence-electron chi connectivity index (χ1n) is 6.72. The number of hydrogen-bond acceptors (Lipinski definition) is 3. The third-order valence-corrected chi connectivity index (χ3v) is 3.69. The number of ether oxygens (including phenoxy) is 1. The van der Waals surface area contributed by atoms with Gasteiger partial charge in [0, 0.05) is 28.7 Å². The molecular weight excluding hydrogens is 284 g/mol. The zero-order valence-corrected chi connectivity index (χ0v) is 12.2. The van der Waals surface area contributed by atoms with Gasteiger partial charge >= 0.3 is 0 Å². The highest BCUT2D eigenvalue weighted by Crippen LogP contribution is 2.26. The second-order valence-electron chi connectivity index (χ2n) is 4.74. The molecule has 4 heteroatoms.